The van der Waals surface area contributed by atoms with E-state index < -0.39 is 12.2 Å². The summed E-state index contributed by atoms with van der Waals surface area (Å²) >= 11 is 0. The van der Waals surface area contributed by atoms with Gasteiger partial charge in [0.1, 0.15) is 0 Å². The van der Waals surface area contributed by atoms with Crippen molar-refractivity contribution in [1.82, 2.24) is 5.01 Å². The molecule has 0 aliphatic carbocycles. The highest BCUT2D eigenvalue weighted by Crippen LogP contribution is 2.22. The summed E-state index contributed by atoms with van der Waals surface area (Å²) in [4.78, 5) is 11.4. The first-order chi connectivity index (χ1) is 7.28. The zero-order chi connectivity index (χ0) is 12.8. The van der Waals surface area contributed by atoms with Crippen LogP contribution in [0.25, 0.3) is 0 Å². The molecule has 0 bridgehead atoms. The van der Waals surface area contributed by atoms with E-state index in [1.165, 1.54) is 0 Å². The molecule has 1 unspecified atom stereocenters. The number of ether oxygens (including phenoxy) is 1. The highest BCUT2D eigenvalue weighted by Gasteiger charge is 2.21. The summed E-state index contributed by atoms with van der Waals surface area (Å²) < 4.78 is 5.07. The van der Waals surface area contributed by atoms with Gasteiger partial charge in [0.25, 0.3) is 0 Å². The molecule has 16 heavy (non-hydrogen) atoms. The fraction of sp³-hybridized carbons (Fsp3) is 0.909. The molecular weight excluding hydrogens is 208 g/mol. The lowest BCUT2D eigenvalue weighted by molar-refractivity contribution is 0.0503. The maximum absolute atomic E-state index is 11.4. The van der Waals surface area contributed by atoms with E-state index in [0.29, 0.717) is 6.61 Å². The summed E-state index contributed by atoms with van der Waals surface area (Å²) in [5, 5.41) is 9.95. The van der Waals surface area contributed by atoms with Gasteiger partial charge in [0.15, 0.2) is 0 Å². The van der Waals surface area contributed by atoms with E-state index in [1.54, 1.807) is 6.92 Å². The van der Waals surface area contributed by atoms with Crippen molar-refractivity contribution >= 4 is 6.09 Å². The molecule has 0 rings (SSSR count). The van der Waals surface area contributed by atoms with Gasteiger partial charge < -0.3 is 9.84 Å². The van der Waals surface area contributed by atoms with Crippen molar-refractivity contribution in [2.45, 2.75) is 46.6 Å². The quantitative estimate of drug-likeness (QED) is 0.413. The zero-order valence-corrected chi connectivity index (χ0v) is 10.7. The first kappa shape index (κ1) is 15.2. The normalized spacial score (nSPS) is 13.4. The van der Waals surface area contributed by atoms with E-state index in [1.807, 2.05) is 13.8 Å². The minimum atomic E-state index is -0.652. The van der Waals surface area contributed by atoms with Crippen LogP contribution in [-0.4, -0.2) is 35.5 Å². The molecular formula is C11H24N2O3. The number of aliphatic hydroxyl groups is 1. The second kappa shape index (κ2) is 6.70. The number of nitrogens with two attached hydrogens (primary N) is 1. The molecule has 1 amide bonds. The fourth-order valence-corrected chi connectivity index (χ4v) is 1.45. The van der Waals surface area contributed by atoms with Gasteiger partial charge in [0.2, 0.25) is 0 Å². The predicted octanol–water partition coefficient (Wildman–Crippen LogP) is 1.51. The Bertz CT molecular complexity index is 217. The smallest absolute Gasteiger partial charge is 0.424 e. The summed E-state index contributed by atoms with van der Waals surface area (Å²) in [7, 11) is 0. The van der Waals surface area contributed by atoms with E-state index in [9.17, 15) is 4.79 Å². The molecule has 0 radical (unpaired) electrons. The van der Waals surface area contributed by atoms with Crippen LogP contribution in [0.1, 0.15) is 40.5 Å². The van der Waals surface area contributed by atoms with Crippen LogP contribution in [0.5, 0.6) is 0 Å². The molecule has 0 aromatic carbocycles. The van der Waals surface area contributed by atoms with Crippen LogP contribution >= 0.6 is 0 Å². The molecule has 0 aliphatic rings. The van der Waals surface area contributed by atoms with Crippen molar-refractivity contribution in [3.8, 4) is 0 Å². The Labute approximate surface area is 97.5 Å². The van der Waals surface area contributed by atoms with Crippen molar-refractivity contribution in [3.05, 3.63) is 0 Å². The third-order valence-corrected chi connectivity index (χ3v) is 2.21. The Morgan fingerprint density at radius 1 is 1.56 bits per heavy atom. The van der Waals surface area contributed by atoms with Crippen LogP contribution in [0.2, 0.25) is 0 Å². The van der Waals surface area contributed by atoms with Crippen LogP contribution in [0.4, 0.5) is 4.79 Å². The summed E-state index contributed by atoms with van der Waals surface area (Å²) in [6.07, 6.45) is 0.789. The van der Waals surface area contributed by atoms with Crippen molar-refractivity contribution in [1.29, 1.82) is 0 Å². The second-order valence-corrected chi connectivity index (χ2v) is 4.97. The molecule has 96 valence electrons. The Balaban J connectivity index is 3.97. The Morgan fingerprint density at radius 3 is 2.56 bits per heavy atom. The topological polar surface area (TPSA) is 75.8 Å². The van der Waals surface area contributed by atoms with E-state index in [0.717, 1.165) is 17.9 Å². The number of carbonyl (C=O) groups is 1. The first-order valence-corrected chi connectivity index (χ1v) is 5.65. The first-order valence-electron chi connectivity index (χ1n) is 5.65. The number of rotatable bonds is 6. The van der Waals surface area contributed by atoms with Gasteiger partial charge in [-0.2, -0.15) is 0 Å². The fourth-order valence-electron chi connectivity index (χ4n) is 1.45. The molecule has 3 N–H and O–H groups in total. The van der Waals surface area contributed by atoms with Gasteiger partial charge in [-0.1, -0.05) is 27.2 Å². The monoisotopic (exact) mass is 232 g/mol. The van der Waals surface area contributed by atoms with Crippen molar-refractivity contribution in [3.63, 3.8) is 0 Å². The largest absolute Gasteiger partial charge is 0.448 e. The van der Waals surface area contributed by atoms with E-state index in [-0.39, 0.29) is 12.0 Å². The lowest BCUT2D eigenvalue weighted by atomic mass is 9.89. The van der Waals surface area contributed by atoms with Gasteiger partial charge in [0.05, 0.1) is 19.3 Å². The van der Waals surface area contributed by atoms with Gasteiger partial charge >= 0.3 is 6.09 Å². The number of nitrogens with zero attached hydrogens (tertiary/aromatic N) is 1. The van der Waals surface area contributed by atoms with E-state index in [4.69, 9.17) is 15.7 Å². The standard InChI is InChI=1S/C11H24N2O3/c1-5-6-11(3,4)8-16-10(15)13(12)7-9(2)14/h9,14H,5-8,12H2,1-4H3. The third kappa shape index (κ3) is 6.63. The summed E-state index contributed by atoms with van der Waals surface area (Å²) in [6.45, 7) is 8.15. The predicted molar refractivity (Wildman–Crippen MR) is 62.6 cm³/mol. The van der Waals surface area contributed by atoms with Crippen LogP contribution in [0.3, 0.4) is 0 Å². The minimum absolute atomic E-state index is 0.0317. The average molecular weight is 232 g/mol. The molecule has 0 saturated heterocycles. The number of carbonyl (C=O) groups excluding carboxylic acids is 1. The molecule has 0 saturated carbocycles. The van der Waals surface area contributed by atoms with Crippen molar-refractivity contribution in [2.75, 3.05) is 13.2 Å². The van der Waals surface area contributed by atoms with E-state index in [2.05, 4.69) is 6.92 Å². The average Bonchev–Trinajstić information content (AvgIpc) is 2.13. The highest BCUT2D eigenvalue weighted by atomic mass is 16.6. The number of aliphatic hydroxyl groups excluding tert-OH is 1. The molecule has 0 aliphatic heterocycles. The van der Waals surface area contributed by atoms with Gasteiger partial charge in [-0.25, -0.2) is 15.6 Å². The SMILES string of the molecule is CCCC(C)(C)COC(=O)N(N)CC(C)O. The minimum Gasteiger partial charge on any atom is -0.448 e. The Morgan fingerprint density at radius 2 is 2.12 bits per heavy atom. The molecule has 0 fully saturated rings. The van der Waals surface area contributed by atoms with Crippen molar-refractivity contribution < 1.29 is 14.6 Å². The van der Waals surface area contributed by atoms with Crippen LogP contribution in [-0.2, 0) is 4.74 Å². The Kier molecular flexibility index (Phi) is 6.36. The summed E-state index contributed by atoms with van der Waals surface area (Å²) in [5.74, 6) is 5.42. The molecule has 0 spiro atoms. The molecule has 5 nitrogen and oxygen atoms in total. The molecule has 0 aromatic heterocycles. The van der Waals surface area contributed by atoms with Gasteiger partial charge in [-0.3, -0.25) is 0 Å². The lowest BCUT2D eigenvalue weighted by Gasteiger charge is -2.25. The number of amides is 1. The van der Waals surface area contributed by atoms with Gasteiger partial charge in [-0.15, -0.1) is 0 Å². The van der Waals surface area contributed by atoms with Crippen LogP contribution in [0, 0.1) is 5.41 Å². The lowest BCUT2D eigenvalue weighted by Crippen LogP contribution is -2.43. The van der Waals surface area contributed by atoms with Gasteiger partial charge in [-0.05, 0) is 18.8 Å². The highest BCUT2D eigenvalue weighted by molar-refractivity contribution is 5.66. The van der Waals surface area contributed by atoms with Crippen molar-refractivity contribution in [2.24, 2.45) is 11.3 Å². The maximum atomic E-state index is 11.4. The van der Waals surface area contributed by atoms with Crippen LogP contribution in [0.15, 0.2) is 0 Å². The summed E-state index contributed by atoms with van der Waals surface area (Å²) in [5.41, 5.74) is -0.0317. The number of hydrazine groups is 1. The molecule has 0 aromatic rings. The third-order valence-electron chi connectivity index (χ3n) is 2.21. The second-order valence-electron chi connectivity index (χ2n) is 4.97. The summed E-state index contributed by atoms with van der Waals surface area (Å²) in [6, 6.07) is 0. The van der Waals surface area contributed by atoms with Gasteiger partial charge in [0, 0.05) is 0 Å². The number of hydrogen-bond donors (Lipinski definition) is 2. The molecule has 5 heteroatoms. The van der Waals surface area contributed by atoms with Crippen LogP contribution < -0.4 is 5.84 Å². The molecule has 1 atom stereocenters. The maximum Gasteiger partial charge on any atom is 0.424 e. The Hall–Kier alpha value is -0.810. The number of hydrogen-bond acceptors (Lipinski definition) is 4. The van der Waals surface area contributed by atoms with E-state index >= 15 is 0 Å². The zero-order valence-electron chi connectivity index (χ0n) is 10.7. The molecule has 0 heterocycles.